The van der Waals surface area contributed by atoms with Gasteiger partial charge in [-0.2, -0.15) is 0 Å². The minimum Gasteiger partial charge on any atom is -0.349 e. The van der Waals surface area contributed by atoms with Crippen LogP contribution in [0.25, 0.3) is 0 Å². The Kier molecular flexibility index (Phi) is 5.85. The van der Waals surface area contributed by atoms with Crippen molar-refractivity contribution >= 4 is 29.1 Å². The minimum atomic E-state index is -0.519. The van der Waals surface area contributed by atoms with Gasteiger partial charge in [-0.05, 0) is 55.2 Å². The van der Waals surface area contributed by atoms with Crippen LogP contribution in [-0.2, 0) is 15.0 Å². The summed E-state index contributed by atoms with van der Waals surface area (Å²) in [5.74, 6) is -0.0746. The summed E-state index contributed by atoms with van der Waals surface area (Å²) < 4.78 is 0. The van der Waals surface area contributed by atoms with Crippen LogP contribution < -0.4 is 10.6 Å². The SMILES string of the molecule is CC(=O)Nc1cccc([C@H](C)NC(=O)C2(c3cccc(Cl)c3)CCCC2)c1. The predicted octanol–water partition coefficient (Wildman–Crippen LogP) is 4.99. The maximum absolute atomic E-state index is 13.3. The van der Waals surface area contributed by atoms with Gasteiger partial charge in [0.2, 0.25) is 11.8 Å². The number of hydrogen-bond acceptors (Lipinski definition) is 2. The zero-order chi connectivity index (χ0) is 19.4. The molecule has 0 heterocycles. The molecule has 0 aliphatic heterocycles. The molecular weight excluding hydrogens is 360 g/mol. The monoisotopic (exact) mass is 384 g/mol. The number of carbonyl (C=O) groups is 2. The molecule has 2 aromatic carbocycles. The van der Waals surface area contributed by atoms with Gasteiger partial charge in [0.15, 0.2) is 0 Å². The van der Waals surface area contributed by atoms with E-state index in [2.05, 4.69) is 10.6 Å². The molecule has 0 bridgehead atoms. The lowest BCUT2D eigenvalue weighted by atomic mass is 9.77. The van der Waals surface area contributed by atoms with E-state index in [-0.39, 0.29) is 17.9 Å². The first-order valence-electron chi connectivity index (χ1n) is 9.35. The number of anilines is 1. The summed E-state index contributed by atoms with van der Waals surface area (Å²) in [4.78, 5) is 24.6. The van der Waals surface area contributed by atoms with E-state index in [0.717, 1.165) is 42.5 Å². The molecule has 0 spiro atoms. The number of amides is 2. The van der Waals surface area contributed by atoms with Gasteiger partial charge in [0.1, 0.15) is 0 Å². The third kappa shape index (κ3) is 4.33. The molecule has 5 heteroatoms. The van der Waals surface area contributed by atoms with Crippen LogP contribution in [0, 0.1) is 0 Å². The van der Waals surface area contributed by atoms with Gasteiger partial charge in [0, 0.05) is 17.6 Å². The lowest BCUT2D eigenvalue weighted by Gasteiger charge is -2.30. The molecule has 0 saturated heterocycles. The molecule has 1 atom stereocenters. The van der Waals surface area contributed by atoms with Gasteiger partial charge < -0.3 is 10.6 Å². The van der Waals surface area contributed by atoms with Gasteiger partial charge in [-0.15, -0.1) is 0 Å². The van der Waals surface area contributed by atoms with Crippen LogP contribution in [0.2, 0.25) is 5.02 Å². The minimum absolute atomic E-state index is 0.0414. The maximum atomic E-state index is 13.3. The largest absolute Gasteiger partial charge is 0.349 e. The van der Waals surface area contributed by atoms with E-state index in [0.29, 0.717) is 5.02 Å². The number of nitrogens with one attached hydrogen (secondary N) is 2. The predicted molar refractivity (Wildman–Crippen MR) is 109 cm³/mol. The second-order valence-corrected chi connectivity index (χ2v) is 7.74. The van der Waals surface area contributed by atoms with E-state index in [1.807, 2.05) is 55.5 Å². The van der Waals surface area contributed by atoms with Crippen molar-refractivity contribution in [2.24, 2.45) is 0 Å². The highest BCUT2D eigenvalue weighted by atomic mass is 35.5. The first kappa shape index (κ1) is 19.4. The second kappa shape index (κ2) is 8.13. The van der Waals surface area contributed by atoms with Crippen molar-refractivity contribution in [2.75, 3.05) is 5.32 Å². The molecular formula is C22H25ClN2O2. The van der Waals surface area contributed by atoms with Crippen molar-refractivity contribution < 1.29 is 9.59 Å². The van der Waals surface area contributed by atoms with Crippen LogP contribution >= 0.6 is 11.6 Å². The van der Waals surface area contributed by atoms with Crippen molar-refractivity contribution in [1.29, 1.82) is 0 Å². The van der Waals surface area contributed by atoms with Crippen molar-refractivity contribution in [3.05, 3.63) is 64.7 Å². The third-order valence-electron chi connectivity index (χ3n) is 5.32. The van der Waals surface area contributed by atoms with Crippen molar-refractivity contribution in [1.82, 2.24) is 5.32 Å². The van der Waals surface area contributed by atoms with Crippen molar-refractivity contribution in [2.45, 2.75) is 51.0 Å². The summed E-state index contributed by atoms with van der Waals surface area (Å²) in [6, 6.07) is 15.1. The molecule has 4 nitrogen and oxygen atoms in total. The number of halogens is 1. The topological polar surface area (TPSA) is 58.2 Å². The summed E-state index contributed by atoms with van der Waals surface area (Å²) in [5, 5.41) is 6.62. The van der Waals surface area contributed by atoms with Crippen molar-refractivity contribution in [3.8, 4) is 0 Å². The Morgan fingerprint density at radius 2 is 1.78 bits per heavy atom. The first-order valence-corrected chi connectivity index (χ1v) is 9.73. The van der Waals surface area contributed by atoms with Crippen LogP contribution in [0.5, 0.6) is 0 Å². The molecule has 1 aliphatic carbocycles. The summed E-state index contributed by atoms with van der Waals surface area (Å²) in [6.45, 7) is 3.44. The molecule has 2 aromatic rings. The van der Waals surface area contributed by atoms with E-state index in [4.69, 9.17) is 11.6 Å². The molecule has 0 unspecified atom stereocenters. The second-order valence-electron chi connectivity index (χ2n) is 7.30. The fourth-order valence-corrected chi connectivity index (χ4v) is 4.11. The number of hydrogen-bond donors (Lipinski definition) is 2. The van der Waals surface area contributed by atoms with Crippen molar-refractivity contribution in [3.63, 3.8) is 0 Å². The van der Waals surface area contributed by atoms with E-state index in [1.54, 1.807) is 0 Å². The quantitative estimate of drug-likeness (QED) is 0.763. The molecule has 2 amide bonds. The molecule has 1 aliphatic rings. The summed E-state index contributed by atoms with van der Waals surface area (Å²) in [5.41, 5.74) is 2.15. The Balaban J connectivity index is 1.81. The molecule has 0 aromatic heterocycles. The summed E-state index contributed by atoms with van der Waals surface area (Å²) in [6.07, 6.45) is 3.73. The zero-order valence-corrected chi connectivity index (χ0v) is 16.5. The lowest BCUT2D eigenvalue weighted by Crippen LogP contribution is -2.43. The lowest BCUT2D eigenvalue weighted by molar-refractivity contribution is -0.127. The Morgan fingerprint density at radius 3 is 2.44 bits per heavy atom. The van der Waals surface area contributed by atoms with E-state index in [9.17, 15) is 9.59 Å². The first-order chi connectivity index (χ1) is 12.9. The van der Waals surface area contributed by atoms with Gasteiger partial charge in [-0.25, -0.2) is 0 Å². The molecule has 1 saturated carbocycles. The van der Waals surface area contributed by atoms with E-state index < -0.39 is 5.41 Å². The average Bonchev–Trinajstić information content (AvgIpc) is 3.12. The molecule has 0 radical (unpaired) electrons. The maximum Gasteiger partial charge on any atom is 0.231 e. The number of carbonyl (C=O) groups excluding carboxylic acids is 2. The van der Waals surface area contributed by atoms with Gasteiger partial charge in [0.25, 0.3) is 0 Å². The summed E-state index contributed by atoms with van der Waals surface area (Å²) >= 11 is 6.18. The zero-order valence-electron chi connectivity index (χ0n) is 15.7. The highest BCUT2D eigenvalue weighted by Crippen LogP contribution is 2.42. The normalized spacial score (nSPS) is 16.6. The number of benzene rings is 2. The Labute approximate surface area is 165 Å². The van der Waals surface area contributed by atoms with E-state index >= 15 is 0 Å². The van der Waals surface area contributed by atoms with Gasteiger partial charge in [0.05, 0.1) is 11.5 Å². The fraction of sp³-hybridized carbons (Fsp3) is 0.364. The Morgan fingerprint density at radius 1 is 1.07 bits per heavy atom. The van der Waals surface area contributed by atoms with Crippen LogP contribution in [0.3, 0.4) is 0 Å². The molecule has 2 N–H and O–H groups in total. The molecule has 3 rings (SSSR count). The van der Waals surface area contributed by atoms with Gasteiger partial charge >= 0.3 is 0 Å². The highest BCUT2D eigenvalue weighted by molar-refractivity contribution is 6.30. The van der Waals surface area contributed by atoms with Gasteiger partial charge in [-0.3, -0.25) is 9.59 Å². The molecule has 1 fully saturated rings. The van der Waals surface area contributed by atoms with Gasteiger partial charge in [-0.1, -0.05) is 48.7 Å². The van der Waals surface area contributed by atoms with Crippen LogP contribution in [-0.4, -0.2) is 11.8 Å². The fourth-order valence-electron chi connectivity index (χ4n) is 3.92. The highest BCUT2D eigenvalue weighted by Gasteiger charge is 2.43. The average molecular weight is 385 g/mol. The van der Waals surface area contributed by atoms with Crippen LogP contribution in [0.1, 0.15) is 56.7 Å². The third-order valence-corrected chi connectivity index (χ3v) is 5.56. The van der Waals surface area contributed by atoms with Crippen LogP contribution in [0.4, 0.5) is 5.69 Å². The smallest absolute Gasteiger partial charge is 0.231 e. The molecule has 27 heavy (non-hydrogen) atoms. The summed E-state index contributed by atoms with van der Waals surface area (Å²) in [7, 11) is 0. The van der Waals surface area contributed by atoms with E-state index in [1.165, 1.54) is 6.92 Å². The number of rotatable bonds is 5. The van der Waals surface area contributed by atoms with Crippen LogP contribution in [0.15, 0.2) is 48.5 Å². The Bertz CT molecular complexity index is 844. The Hall–Kier alpha value is -2.33. The molecule has 142 valence electrons. The standard InChI is InChI=1S/C22H25ClN2O2/c1-15(17-7-5-10-20(13-17)25-16(2)26)24-21(27)22(11-3-4-12-22)18-8-6-9-19(23)14-18/h5-10,13-15H,3-4,11-12H2,1-2H3,(H,24,27)(H,25,26)/t15-/m0/s1.